The number of hydrogen-bond acceptors (Lipinski definition) is 3. The Morgan fingerprint density at radius 1 is 1.00 bits per heavy atom. The van der Waals surface area contributed by atoms with Crippen molar-refractivity contribution in [3.63, 3.8) is 0 Å². The second kappa shape index (κ2) is 9.23. The Kier molecular flexibility index (Phi) is 6.23. The number of halogens is 1. The van der Waals surface area contributed by atoms with Crippen LogP contribution in [0.1, 0.15) is 18.1 Å². The number of amides is 1. The second-order valence-corrected chi connectivity index (χ2v) is 7.81. The smallest absolute Gasteiger partial charge is 0.262 e. The van der Waals surface area contributed by atoms with Gasteiger partial charge in [0.05, 0.1) is 23.9 Å². The van der Waals surface area contributed by atoms with Crippen LogP contribution in [0.5, 0.6) is 11.5 Å². The molecule has 0 unspecified atom stereocenters. The SMILES string of the molecule is CCOc1ccc(/C=C2\C=C(c3ccccc3)N(c3ccc(OC)cc3)C2=O)cc1Br. The standard InChI is InChI=1S/C26H22BrNO3/c1-3-31-25-14-9-18(16-23(25)27)15-20-17-24(19-7-5-4-6-8-19)28(26(20)29)21-10-12-22(30-2)13-11-21/h4-17H,3H2,1-2H3/b20-15+. The maximum absolute atomic E-state index is 13.4. The van der Waals surface area contributed by atoms with Gasteiger partial charge in [-0.25, -0.2) is 0 Å². The molecule has 5 heteroatoms. The first-order chi connectivity index (χ1) is 15.1. The summed E-state index contributed by atoms with van der Waals surface area (Å²) in [5, 5.41) is 0. The van der Waals surface area contributed by atoms with Crippen LogP contribution in [0.15, 0.2) is 88.9 Å². The number of hydrogen-bond donors (Lipinski definition) is 0. The lowest BCUT2D eigenvalue weighted by Gasteiger charge is -2.21. The van der Waals surface area contributed by atoms with E-state index < -0.39 is 0 Å². The molecule has 0 saturated carbocycles. The molecule has 4 rings (SSSR count). The zero-order valence-electron chi connectivity index (χ0n) is 17.3. The molecule has 0 radical (unpaired) electrons. The topological polar surface area (TPSA) is 38.8 Å². The van der Waals surface area contributed by atoms with E-state index in [-0.39, 0.29) is 5.91 Å². The van der Waals surface area contributed by atoms with E-state index in [1.807, 2.05) is 91.9 Å². The monoisotopic (exact) mass is 475 g/mol. The summed E-state index contributed by atoms with van der Waals surface area (Å²) in [5.41, 5.74) is 4.14. The first-order valence-corrected chi connectivity index (χ1v) is 10.8. The van der Waals surface area contributed by atoms with Crippen molar-refractivity contribution in [3.05, 3.63) is 100 Å². The van der Waals surface area contributed by atoms with Crippen LogP contribution < -0.4 is 14.4 Å². The van der Waals surface area contributed by atoms with Crippen molar-refractivity contribution in [2.75, 3.05) is 18.6 Å². The van der Waals surface area contributed by atoms with Crippen LogP contribution in [-0.4, -0.2) is 19.6 Å². The van der Waals surface area contributed by atoms with E-state index in [4.69, 9.17) is 9.47 Å². The molecule has 0 saturated heterocycles. The average Bonchev–Trinajstić information content (AvgIpc) is 3.12. The fourth-order valence-electron chi connectivity index (χ4n) is 3.48. The van der Waals surface area contributed by atoms with Crippen LogP contribution in [0.25, 0.3) is 11.8 Å². The Morgan fingerprint density at radius 2 is 1.74 bits per heavy atom. The normalized spacial score (nSPS) is 14.7. The van der Waals surface area contributed by atoms with Gasteiger partial charge in [-0.15, -0.1) is 0 Å². The molecule has 3 aromatic rings. The van der Waals surface area contributed by atoms with Crippen molar-refractivity contribution in [2.45, 2.75) is 6.92 Å². The number of rotatable bonds is 6. The quantitative estimate of drug-likeness (QED) is 0.391. The van der Waals surface area contributed by atoms with Gasteiger partial charge in [-0.3, -0.25) is 9.69 Å². The molecule has 4 nitrogen and oxygen atoms in total. The van der Waals surface area contributed by atoms with Gasteiger partial charge in [0.15, 0.2) is 0 Å². The summed E-state index contributed by atoms with van der Waals surface area (Å²) in [4.78, 5) is 15.2. The summed E-state index contributed by atoms with van der Waals surface area (Å²) >= 11 is 3.55. The van der Waals surface area contributed by atoms with E-state index in [1.165, 1.54) is 0 Å². The van der Waals surface area contributed by atoms with E-state index in [1.54, 1.807) is 12.0 Å². The Balaban J connectivity index is 1.75. The van der Waals surface area contributed by atoms with Gasteiger partial charge in [0.1, 0.15) is 11.5 Å². The van der Waals surface area contributed by atoms with Gasteiger partial charge in [0, 0.05) is 11.3 Å². The maximum atomic E-state index is 13.4. The third-order valence-corrected chi connectivity index (χ3v) is 5.58. The summed E-state index contributed by atoms with van der Waals surface area (Å²) in [5.74, 6) is 1.45. The highest BCUT2D eigenvalue weighted by molar-refractivity contribution is 9.10. The van der Waals surface area contributed by atoms with Crippen LogP contribution in [-0.2, 0) is 4.79 Å². The Hall–Kier alpha value is -3.31. The number of carbonyl (C=O) groups is 1. The van der Waals surface area contributed by atoms with Crippen molar-refractivity contribution in [2.24, 2.45) is 0 Å². The van der Waals surface area contributed by atoms with Crippen molar-refractivity contribution >= 4 is 39.3 Å². The van der Waals surface area contributed by atoms with Gasteiger partial charge in [0.25, 0.3) is 5.91 Å². The molecule has 1 aliphatic heterocycles. The highest BCUT2D eigenvalue weighted by Crippen LogP contribution is 2.36. The number of methoxy groups -OCH3 is 1. The molecule has 0 aliphatic carbocycles. The van der Waals surface area contributed by atoms with Gasteiger partial charge in [0.2, 0.25) is 0 Å². The van der Waals surface area contributed by atoms with Crippen LogP contribution in [0.4, 0.5) is 5.69 Å². The lowest BCUT2D eigenvalue weighted by Crippen LogP contribution is -2.24. The molecule has 31 heavy (non-hydrogen) atoms. The Morgan fingerprint density at radius 3 is 2.39 bits per heavy atom. The summed E-state index contributed by atoms with van der Waals surface area (Å²) in [6.07, 6.45) is 3.83. The number of nitrogens with zero attached hydrogens (tertiary/aromatic N) is 1. The molecule has 0 fully saturated rings. The Labute approximate surface area is 190 Å². The van der Waals surface area contributed by atoms with Gasteiger partial charge >= 0.3 is 0 Å². The Bertz CT molecular complexity index is 1150. The van der Waals surface area contributed by atoms with Gasteiger partial charge in [-0.05, 0) is 82.5 Å². The fraction of sp³-hybridized carbons (Fsp3) is 0.115. The molecule has 0 atom stereocenters. The van der Waals surface area contributed by atoms with E-state index in [0.29, 0.717) is 12.2 Å². The average molecular weight is 476 g/mol. The molecule has 1 aliphatic rings. The molecule has 1 amide bonds. The summed E-state index contributed by atoms with van der Waals surface area (Å²) in [6.45, 7) is 2.54. The molecule has 0 aromatic heterocycles. The number of ether oxygens (including phenoxy) is 2. The lowest BCUT2D eigenvalue weighted by atomic mass is 10.1. The molecule has 3 aromatic carbocycles. The van der Waals surface area contributed by atoms with Gasteiger partial charge in [-0.1, -0.05) is 36.4 Å². The van der Waals surface area contributed by atoms with Crippen molar-refractivity contribution in [1.29, 1.82) is 0 Å². The molecule has 1 heterocycles. The molecule has 156 valence electrons. The highest BCUT2D eigenvalue weighted by Gasteiger charge is 2.30. The predicted molar refractivity (Wildman–Crippen MR) is 128 cm³/mol. The summed E-state index contributed by atoms with van der Waals surface area (Å²) < 4.78 is 11.7. The molecule has 0 N–H and O–H groups in total. The van der Waals surface area contributed by atoms with E-state index in [9.17, 15) is 4.79 Å². The highest BCUT2D eigenvalue weighted by atomic mass is 79.9. The van der Waals surface area contributed by atoms with Crippen LogP contribution in [0.3, 0.4) is 0 Å². The van der Waals surface area contributed by atoms with Crippen LogP contribution in [0, 0.1) is 0 Å². The fourth-order valence-corrected chi connectivity index (χ4v) is 3.99. The zero-order valence-corrected chi connectivity index (χ0v) is 18.9. The van der Waals surface area contributed by atoms with Crippen molar-refractivity contribution in [1.82, 2.24) is 0 Å². The maximum Gasteiger partial charge on any atom is 0.262 e. The molecule has 0 spiro atoms. The molecular weight excluding hydrogens is 454 g/mol. The van der Waals surface area contributed by atoms with E-state index in [2.05, 4.69) is 15.9 Å². The second-order valence-electron chi connectivity index (χ2n) is 6.96. The zero-order chi connectivity index (χ0) is 21.8. The first kappa shape index (κ1) is 20.9. The van der Waals surface area contributed by atoms with Crippen molar-refractivity contribution < 1.29 is 14.3 Å². The predicted octanol–water partition coefficient (Wildman–Crippen LogP) is 6.33. The largest absolute Gasteiger partial charge is 0.497 e. The minimum atomic E-state index is -0.0750. The van der Waals surface area contributed by atoms with Crippen LogP contribution in [0.2, 0.25) is 0 Å². The third-order valence-electron chi connectivity index (χ3n) is 4.96. The third kappa shape index (κ3) is 4.42. The van der Waals surface area contributed by atoms with Crippen LogP contribution >= 0.6 is 15.9 Å². The molecule has 0 bridgehead atoms. The van der Waals surface area contributed by atoms with E-state index >= 15 is 0 Å². The van der Waals surface area contributed by atoms with E-state index in [0.717, 1.165) is 38.5 Å². The minimum absolute atomic E-state index is 0.0750. The van der Waals surface area contributed by atoms with Gasteiger partial charge in [-0.2, -0.15) is 0 Å². The first-order valence-electron chi connectivity index (χ1n) is 10.0. The number of benzene rings is 3. The van der Waals surface area contributed by atoms with Crippen molar-refractivity contribution in [3.8, 4) is 11.5 Å². The van der Waals surface area contributed by atoms with Gasteiger partial charge < -0.3 is 9.47 Å². The molecular formula is C26H22BrNO3. The lowest BCUT2D eigenvalue weighted by molar-refractivity contribution is -0.113. The summed E-state index contributed by atoms with van der Waals surface area (Å²) in [7, 11) is 1.63. The number of anilines is 1. The summed E-state index contributed by atoms with van der Waals surface area (Å²) in [6, 6.07) is 23.2. The number of carbonyl (C=O) groups excluding carboxylic acids is 1. The minimum Gasteiger partial charge on any atom is -0.497 e.